The normalized spacial score (nSPS) is 14.9. The number of aromatic nitrogens is 4. The molecular weight excluding hydrogens is 358 g/mol. The highest BCUT2D eigenvalue weighted by atomic mass is 16.6. The van der Waals surface area contributed by atoms with Gasteiger partial charge < -0.3 is 4.90 Å². The van der Waals surface area contributed by atoms with E-state index in [1.165, 1.54) is 11.8 Å². The fraction of sp³-hybridized carbons (Fsp3) is 0.316. The molecule has 0 unspecified atom stereocenters. The molecule has 0 spiro atoms. The van der Waals surface area contributed by atoms with Gasteiger partial charge in [-0.25, -0.2) is 4.68 Å². The topological polar surface area (TPSA) is 93.2 Å². The summed E-state index contributed by atoms with van der Waals surface area (Å²) < 4.78 is 1.63. The molecule has 1 aliphatic heterocycles. The van der Waals surface area contributed by atoms with Crippen molar-refractivity contribution in [3.05, 3.63) is 70.5 Å². The van der Waals surface area contributed by atoms with Crippen molar-refractivity contribution in [2.24, 2.45) is 0 Å². The summed E-state index contributed by atoms with van der Waals surface area (Å²) in [7, 11) is 0. The van der Waals surface area contributed by atoms with Gasteiger partial charge in [0.1, 0.15) is 6.33 Å². The minimum atomic E-state index is -0.340. The molecule has 1 saturated heterocycles. The van der Waals surface area contributed by atoms with Crippen LogP contribution in [-0.4, -0.2) is 62.8 Å². The summed E-state index contributed by atoms with van der Waals surface area (Å²) in [4.78, 5) is 15.3. The molecule has 9 nitrogen and oxygen atoms in total. The molecule has 2 aromatic carbocycles. The largest absolute Gasteiger partial charge is 0.369 e. The van der Waals surface area contributed by atoms with Crippen LogP contribution in [0.5, 0.6) is 0 Å². The van der Waals surface area contributed by atoms with Crippen LogP contribution in [0.4, 0.5) is 11.4 Å². The Morgan fingerprint density at radius 2 is 1.75 bits per heavy atom. The van der Waals surface area contributed by atoms with Crippen molar-refractivity contribution in [2.45, 2.75) is 6.42 Å². The van der Waals surface area contributed by atoms with Crippen molar-refractivity contribution < 1.29 is 4.92 Å². The zero-order valence-corrected chi connectivity index (χ0v) is 15.4. The summed E-state index contributed by atoms with van der Waals surface area (Å²) in [5, 5.41) is 22.1. The van der Waals surface area contributed by atoms with Crippen molar-refractivity contribution in [1.29, 1.82) is 0 Å². The van der Waals surface area contributed by atoms with Gasteiger partial charge in [-0.15, -0.1) is 5.10 Å². The predicted molar refractivity (Wildman–Crippen MR) is 105 cm³/mol. The standard InChI is InChI=1S/C19H21N7O2/c27-26(28)19-3-1-2-16(14-19)8-9-23-10-12-24(13-11-23)17-4-6-18(7-5-17)25-15-20-21-22-25/h1-7,14-15H,8-13H2. The Bertz CT molecular complexity index is 920. The van der Waals surface area contributed by atoms with Gasteiger partial charge in [0.05, 0.1) is 10.6 Å². The number of rotatable bonds is 6. The second kappa shape index (κ2) is 8.13. The third kappa shape index (κ3) is 4.15. The van der Waals surface area contributed by atoms with E-state index in [2.05, 4.69) is 37.5 Å². The lowest BCUT2D eigenvalue weighted by molar-refractivity contribution is -0.384. The third-order valence-electron chi connectivity index (χ3n) is 5.04. The van der Waals surface area contributed by atoms with E-state index < -0.39 is 0 Å². The molecule has 0 atom stereocenters. The molecule has 9 heteroatoms. The predicted octanol–water partition coefficient (Wildman–Crippen LogP) is 1.94. The molecule has 0 amide bonds. The number of non-ortho nitro benzene ring substituents is 1. The van der Waals surface area contributed by atoms with Crippen LogP contribution < -0.4 is 4.90 Å². The lowest BCUT2D eigenvalue weighted by Crippen LogP contribution is -2.47. The lowest BCUT2D eigenvalue weighted by atomic mass is 10.1. The number of benzene rings is 2. The van der Waals surface area contributed by atoms with E-state index in [4.69, 9.17) is 0 Å². The van der Waals surface area contributed by atoms with Crippen molar-refractivity contribution >= 4 is 11.4 Å². The molecule has 28 heavy (non-hydrogen) atoms. The summed E-state index contributed by atoms with van der Waals surface area (Å²) >= 11 is 0. The van der Waals surface area contributed by atoms with E-state index in [1.54, 1.807) is 23.1 Å². The summed E-state index contributed by atoms with van der Waals surface area (Å²) in [6, 6.07) is 15.1. The smallest absolute Gasteiger partial charge is 0.269 e. The molecule has 0 radical (unpaired) electrons. The molecule has 2 heterocycles. The van der Waals surface area contributed by atoms with Gasteiger partial charge in [-0.1, -0.05) is 12.1 Å². The Kier molecular flexibility index (Phi) is 5.24. The summed E-state index contributed by atoms with van der Waals surface area (Å²) in [6.07, 6.45) is 2.40. The number of hydrogen-bond donors (Lipinski definition) is 0. The highest BCUT2D eigenvalue weighted by Gasteiger charge is 2.17. The third-order valence-corrected chi connectivity index (χ3v) is 5.04. The molecule has 0 aliphatic carbocycles. The van der Waals surface area contributed by atoms with Gasteiger partial charge in [-0.05, 0) is 46.7 Å². The number of tetrazole rings is 1. The second-order valence-corrected chi connectivity index (χ2v) is 6.78. The first kappa shape index (κ1) is 18.1. The van der Waals surface area contributed by atoms with E-state index in [0.29, 0.717) is 0 Å². The van der Waals surface area contributed by atoms with E-state index in [-0.39, 0.29) is 10.6 Å². The van der Waals surface area contributed by atoms with Crippen LogP contribution in [0.3, 0.4) is 0 Å². The van der Waals surface area contributed by atoms with Crippen LogP contribution >= 0.6 is 0 Å². The maximum Gasteiger partial charge on any atom is 0.269 e. The zero-order chi connectivity index (χ0) is 19.3. The van der Waals surface area contributed by atoms with Crippen LogP contribution in [0.25, 0.3) is 5.69 Å². The van der Waals surface area contributed by atoms with Gasteiger partial charge in [0.15, 0.2) is 0 Å². The number of piperazine rings is 1. The zero-order valence-electron chi connectivity index (χ0n) is 15.4. The summed E-state index contributed by atoms with van der Waals surface area (Å²) in [6.45, 7) is 4.78. The summed E-state index contributed by atoms with van der Waals surface area (Å²) in [5.74, 6) is 0. The SMILES string of the molecule is O=[N+]([O-])c1cccc(CCN2CCN(c3ccc(-n4cnnn4)cc3)CC2)c1. The van der Waals surface area contributed by atoms with E-state index in [9.17, 15) is 10.1 Å². The van der Waals surface area contributed by atoms with Gasteiger partial charge in [0.25, 0.3) is 5.69 Å². The minimum absolute atomic E-state index is 0.160. The summed E-state index contributed by atoms with van der Waals surface area (Å²) in [5.41, 5.74) is 3.29. The van der Waals surface area contributed by atoms with E-state index >= 15 is 0 Å². The average Bonchev–Trinajstić information content (AvgIpc) is 3.28. The number of anilines is 1. The first-order chi connectivity index (χ1) is 13.7. The Balaban J connectivity index is 1.29. The number of nitro groups is 1. The van der Waals surface area contributed by atoms with Gasteiger partial charge >= 0.3 is 0 Å². The van der Waals surface area contributed by atoms with Crippen LogP contribution in [0.2, 0.25) is 0 Å². The maximum absolute atomic E-state index is 10.9. The maximum atomic E-state index is 10.9. The van der Waals surface area contributed by atoms with E-state index in [0.717, 1.165) is 50.4 Å². The van der Waals surface area contributed by atoms with Crippen molar-refractivity contribution in [3.63, 3.8) is 0 Å². The monoisotopic (exact) mass is 379 g/mol. The van der Waals surface area contributed by atoms with E-state index in [1.807, 2.05) is 18.2 Å². The molecular formula is C19H21N7O2. The van der Waals surface area contributed by atoms with Crippen molar-refractivity contribution in [1.82, 2.24) is 25.1 Å². The second-order valence-electron chi connectivity index (χ2n) is 6.78. The lowest BCUT2D eigenvalue weighted by Gasteiger charge is -2.36. The average molecular weight is 379 g/mol. The molecule has 1 aliphatic rings. The fourth-order valence-electron chi connectivity index (χ4n) is 3.44. The fourth-order valence-corrected chi connectivity index (χ4v) is 3.44. The number of nitro benzene ring substituents is 1. The van der Waals surface area contributed by atoms with Gasteiger partial charge in [-0.2, -0.15) is 0 Å². The first-order valence-corrected chi connectivity index (χ1v) is 9.23. The molecule has 0 saturated carbocycles. The Labute approximate surface area is 162 Å². The highest BCUT2D eigenvalue weighted by Crippen LogP contribution is 2.19. The quantitative estimate of drug-likeness (QED) is 0.477. The number of nitrogens with zero attached hydrogens (tertiary/aromatic N) is 7. The Morgan fingerprint density at radius 1 is 1.00 bits per heavy atom. The molecule has 0 bridgehead atoms. The van der Waals surface area contributed by atoms with Gasteiger partial charge in [0.2, 0.25) is 0 Å². The molecule has 0 N–H and O–H groups in total. The minimum Gasteiger partial charge on any atom is -0.369 e. The Morgan fingerprint density at radius 3 is 2.43 bits per heavy atom. The first-order valence-electron chi connectivity index (χ1n) is 9.23. The highest BCUT2D eigenvalue weighted by molar-refractivity contribution is 5.51. The van der Waals surface area contributed by atoms with Crippen molar-refractivity contribution in [3.8, 4) is 5.69 Å². The Hall–Kier alpha value is -3.33. The number of hydrogen-bond acceptors (Lipinski definition) is 7. The molecule has 1 aromatic heterocycles. The van der Waals surface area contributed by atoms with Gasteiger partial charge in [0, 0.05) is 50.5 Å². The van der Waals surface area contributed by atoms with Crippen LogP contribution in [0, 0.1) is 10.1 Å². The van der Waals surface area contributed by atoms with Gasteiger partial charge in [-0.3, -0.25) is 15.0 Å². The van der Waals surface area contributed by atoms with Crippen LogP contribution in [0.15, 0.2) is 54.9 Å². The molecule has 144 valence electrons. The molecule has 4 rings (SSSR count). The molecule has 3 aromatic rings. The van der Waals surface area contributed by atoms with Crippen LogP contribution in [-0.2, 0) is 6.42 Å². The van der Waals surface area contributed by atoms with Crippen LogP contribution in [0.1, 0.15) is 5.56 Å². The van der Waals surface area contributed by atoms with Crippen molar-refractivity contribution in [2.75, 3.05) is 37.6 Å². The molecule has 1 fully saturated rings.